The summed E-state index contributed by atoms with van der Waals surface area (Å²) >= 11 is 0. The number of nitrogens with zero attached hydrogens (tertiary/aromatic N) is 2. The number of hydrogen-bond acceptors (Lipinski definition) is 4. The summed E-state index contributed by atoms with van der Waals surface area (Å²) in [7, 11) is 0. The number of hydrogen-bond donors (Lipinski definition) is 1. The summed E-state index contributed by atoms with van der Waals surface area (Å²) in [6.45, 7) is 3.76. The van der Waals surface area contributed by atoms with Gasteiger partial charge in [-0.05, 0) is 56.3 Å². The molecule has 112 valence electrons. The van der Waals surface area contributed by atoms with Crippen LogP contribution in [-0.2, 0) is 0 Å². The number of halogens is 1. The first-order valence-corrected chi connectivity index (χ1v) is 7.07. The van der Waals surface area contributed by atoms with E-state index in [0.29, 0.717) is 25.4 Å². The third-order valence-electron chi connectivity index (χ3n) is 3.03. The van der Waals surface area contributed by atoms with Gasteiger partial charge in [0.25, 0.3) is 0 Å². The predicted molar refractivity (Wildman–Crippen MR) is 82.5 cm³/mol. The van der Waals surface area contributed by atoms with Gasteiger partial charge >= 0.3 is 0 Å². The molecule has 0 atom stereocenters. The van der Waals surface area contributed by atoms with Gasteiger partial charge in [0.15, 0.2) is 11.6 Å². The Bertz CT molecular complexity index is 560. The average molecular weight is 289 g/mol. The van der Waals surface area contributed by atoms with Gasteiger partial charge < -0.3 is 15.4 Å². The highest BCUT2D eigenvalue weighted by Gasteiger charge is 2.15. The van der Waals surface area contributed by atoms with Crippen molar-refractivity contribution in [3.05, 3.63) is 48.4 Å². The van der Waals surface area contributed by atoms with E-state index in [9.17, 15) is 4.39 Å². The number of rotatable bonds is 7. The molecule has 4 nitrogen and oxygen atoms in total. The molecule has 1 aromatic carbocycles. The quantitative estimate of drug-likeness (QED) is 0.851. The lowest BCUT2D eigenvalue weighted by Crippen LogP contribution is -2.22. The summed E-state index contributed by atoms with van der Waals surface area (Å²) in [6.07, 6.45) is 2.52. The Labute approximate surface area is 124 Å². The molecule has 0 aliphatic rings. The highest BCUT2D eigenvalue weighted by Crippen LogP contribution is 2.31. The number of aromatic nitrogens is 1. The predicted octanol–water partition coefficient (Wildman–Crippen LogP) is 3.11. The highest BCUT2D eigenvalue weighted by molar-refractivity contribution is 5.65. The van der Waals surface area contributed by atoms with Gasteiger partial charge in [-0.2, -0.15) is 0 Å². The zero-order valence-electron chi connectivity index (χ0n) is 12.1. The van der Waals surface area contributed by atoms with Crippen LogP contribution < -0.4 is 15.4 Å². The molecule has 0 unspecified atom stereocenters. The fourth-order valence-electron chi connectivity index (χ4n) is 2.08. The normalized spacial score (nSPS) is 10.4. The fraction of sp³-hybridized carbons (Fsp3) is 0.312. The second-order valence-corrected chi connectivity index (χ2v) is 4.53. The number of pyridine rings is 1. The molecule has 0 radical (unpaired) electrons. The van der Waals surface area contributed by atoms with Crippen LogP contribution >= 0.6 is 0 Å². The van der Waals surface area contributed by atoms with E-state index in [-0.39, 0.29) is 5.82 Å². The Balaban J connectivity index is 2.37. The third kappa shape index (κ3) is 3.92. The van der Waals surface area contributed by atoms with E-state index < -0.39 is 0 Å². The van der Waals surface area contributed by atoms with Crippen molar-refractivity contribution in [2.75, 3.05) is 24.6 Å². The SMILES string of the molecule is CCOc1cccnc1N(CCCN)c1ccc(F)cc1. The van der Waals surface area contributed by atoms with Crippen molar-refractivity contribution < 1.29 is 9.13 Å². The first kappa shape index (κ1) is 15.3. The average Bonchev–Trinajstić information content (AvgIpc) is 2.51. The topological polar surface area (TPSA) is 51.4 Å². The van der Waals surface area contributed by atoms with E-state index in [1.54, 1.807) is 18.3 Å². The van der Waals surface area contributed by atoms with Crippen LogP contribution in [0, 0.1) is 5.82 Å². The number of ether oxygens (including phenoxy) is 1. The number of nitrogens with two attached hydrogens (primary N) is 1. The Morgan fingerprint density at radius 1 is 1.24 bits per heavy atom. The summed E-state index contributed by atoms with van der Waals surface area (Å²) in [6, 6.07) is 10.1. The molecule has 0 spiro atoms. The number of anilines is 2. The minimum absolute atomic E-state index is 0.261. The Morgan fingerprint density at radius 2 is 2.00 bits per heavy atom. The van der Waals surface area contributed by atoms with Crippen molar-refractivity contribution in [1.82, 2.24) is 4.98 Å². The summed E-state index contributed by atoms with van der Waals surface area (Å²) in [5.41, 5.74) is 6.48. The highest BCUT2D eigenvalue weighted by atomic mass is 19.1. The molecule has 5 heteroatoms. The molecular weight excluding hydrogens is 269 g/mol. The molecule has 2 rings (SSSR count). The van der Waals surface area contributed by atoms with Crippen molar-refractivity contribution >= 4 is 11.5 Å². The lowest BCUT2D eigenvalue weighted by molar-refractivity contribution is 0.339. The molecule has 21 heavy (non-hydrogen) atoms. The third-order valence-corrected chi connectivity index (χ3v) is 3.03. The van der Waals surface area contributed by atoms with Crippen LogP contribution in [0.3, 0.4) is 0 Å². The van der Waals surface area contributed by atoms with E-state index in [0.717, 1.165) is 17.9 Å². The minimum Gasteiger partial charge on any atom is -0.490 e. The number of benzene rings is 1. The zero-order valence-corrected chi connectivity index (χ0v) is 12.1. The van der Waals surface area contributed by atoms with Crippen molar-refractivity contribution in [1.29, 1.82) is 0 Å². The van der Waals surface area contributed by atoms with Gasteiger partial charge in [0.1, 0.15) is 5.82 Å². The van der Waals surface area contributed by atoms with Crippen LogP contribution in [-0.4, -0.2) is 24.7 Å². The van der Waals surface area contributed by atoms with Crippen LogP contribution in [0.2, 0.25) is 0 Å². The summed E-state index contributed by atoms with van der Waals surface area (Å²) in [5.74, 6) is 1.17. The van der Waals surface area contributed by atoms with Crippen molar-refractivity contribution in [2.45, 2.75) is 13.3 Å². The molecule has 1 aromatic heterocycles. The van der Waals surface area contributed by atoms with Crippen LogP contribution in [0.15, 0.2) is 42.6 Å². The maximum Gasteiger partial charge on any atom is 0.175 e. The molecule has 0 amide bonds. The molecule has 2 aromatic rings. The van der Waals surface area contributed by atoms with E-state index in [1.165, 1.54) is 12.1 Å². The van der Waals surface area contributed by atoms with Crippen LogP contribution in [0.1, 0.15) is 13.3 Å². The molecule has 0 aliphatic heterocycles. The van der Waals surface area contributed by atoms with Crippen molar-refractivity contribution in [2.24, 2.45) is 5.73 Å². The summed E-state index contributed by atoms with van der Waals surface area (Å²) < 4.78 is 18.8. The van der Waals surface area contributed by atoms with Crippen LogP contribution in [0.25, 0.3) is 0 Å². The monoisotopic (exact) mass is 289 g/mol. The van der Waals surface area contributed by atoms with Gasteiger partial charge in [-0.25, -0.2) is 9.37 Å². The first-order chi connectivity index (χ1) is 10.3. The minimum atomic E-state index is -0.261. The van der Waals surface area contributed by atoms with Gasteiger partial charge in [0.2, 0.25) is 0 Å². The summed E-state index contributed by atoms with van der Waals surface area (Å²) in [5, 5.41) is 0. The molecule has 2 N–H and O–H groups in total. The van der Waals surface area contributed by atoms with E-state index in [2.05, 4.69) is 4.98 Å². The van der Waals surface area contributed by atoms with Gasteiger partial charge in [-0.3, -0.25) is 0 Å². The fourth-order valence-corrected chi connectivity index (χ4v) is 2.08. The van der Waals surface area contributed by atoms with Gasteiger partial charge in [-0.15, -0.1) is 0 Å². The Morgan fingerprint density at radius 3 is 2.67 bits per heavy atom. The summed E-state index contributed by atoms with van der Waals surface area (Å²) in [4.78, 5) is 6.41. The molecular formula is C16H20FN3O. The molecule has 0 fully saturated rings. The first-order valence-electron chi connectivity index (χ1n) is 7.07. The largest absolute Gasteiger partial charge is 0.490 e. The second-order valence-electron chi connectivity index (χ2n) is 4.53. The lowest BCUT2D eigenvalue weighted by atomic mass is 10.2. The standard InChI is InChI=1S/C16H20FN3O/c1-2-21-15-5-3-11-19-16(15)20(12-4-10-18)14-8-6-13(17)7-9-14/h3,5-9,11H,2,4,10,12,18H2,1H3. The second kappa shape index (κ2) is 7.59. The maximum atomic E-state index is 13.1. The zero-order chi connectivity index (χ0) is 15.1. The molecule has 0 aliphatic carbocycles. The lowest BCUT2D eigenvalue weighted by Gasteiger charge is -2.25. The maximum absolute atomic E-state index is 13.1. The van der Waals surface area contributed by atoms with Gasteiger partial charge in [0.05, 0.1) is 6.61 Å². The Hall–Kier alpha value is -2.14. The van der Waals surface area contributed by atoms with Crippen molar-refractivity contribution in [3.63, 3.8) is 0 Å². The van der Waals surface area contributed by atoms with Gasteiger partial charge in [0, 0.05) is 18.4 Å². The molecule has 1 heterocycles. The van der Waals surface area contributed by atoms with E-state index in [4.69, 9.17) is 10.5 Å². The smallest absolute Gasteiger partial charge is 0.175 e. The van der Waals surface area contributed by atoms with Crippen LogP contribution in [0.4, 0.5) is 15.9 Å². The molecule has 0 saturated carbocycles. The van der Waals surface area contributed by atoms with E-state index in [1.807, 2.05) is 24.0 Å². The Kier molecular flexibility index (Phi) is 5.51. The van der Waals surface area contributed by atoms with E-state index >= 15 is 0 Å². The molecule has 0 saturated heterocycles. The van der Waals surface area contributed by atoms with Crippen molar-refractivity contribution in [3.8, 4) is 5.75 Å². The van der Waals surface area contributed by atoms with Crippen LogP contribution in [0.5, 0.6) is 5.75 Å². The molecule has 0 bridgehead atoms. The van der Waals surface area contributed by atoms with Gasteiger partial charge in [-0.1, -0.05) is 0 Å².